The molecule has 5 rings (SSSR count). The second-order valence-corrected chi connectivity index (χ2v) is 8.57. The molecule has 5 aromatic carbocycles. The molecule has 0 saturated carbocycles. The summed E-state index contributed by atoms with van der Waals surface area (Å²) in [6.45, 7) is 0. The molecule has 0 heterocycles. The second kappa shape index (κ2) is 8.14. The van der Waals surface area contributed by atoms with Crippen molar-refractivity contribution in [2.45, 2.75) is 5.60 Å². The van der Waals surface area contributed by atoms with Crippen molar-refractivity contribution in [3.05, 3.63) is 142 Å². The average molecular weight is 465 g/mol. The molecule has 0 spiro atoms. The molecule has 0 aromatic heterocycles. The lowest BCUT2D eigenvalue weighted by molar-refractivity contribution is 0.126. The average Bonchev–Trinajstić information content (AvgIpc) is 2.84. The largest absolute Gasteiger partial charge is 0.376 e. The van der Waals surface area contributed by atoms with Gasteiger partial charge in [-0.3, -0.25) is 0 Å². The van der Waals surface area contributed by atoms with Crippen LogP contribution in [0.1, 0.15) is 16.7 Å². The van der Waals surface area contributed by atoms with Crippen molar-refractivity contribution in [1.29, 1.82) is 0 Å². The number of fused-ring (bicyclic) bond motifs is 1. The van der Waals surface area contributed by atoms with Crippen LogP contribution in [0.25, 0.3) is 21.9 Å². The fourth-order valence-electron chi connectivity index (χ4n) is 4.35. The molecule has 5 aromatic rings. The summed E-state index contributed by atoms with van der Waals surface area (Å²) < 4.78 is 0.975. The number of benzene rings is 5. The Morgan fingerprint density at radius 1 is 0.548 bits per heavy atom. The van der Waals surface area contributed by atoms with Gasteiger partial charge in [0.25, 0.3) is 0 Å². The minimum absolute atomic E-state index is 0.838. The Hall–Kier alpha value is -3.20. The van der Waals surface area contributed by atoms with Gasteiger partial charge < -0.3 is 5.11 Å². The van der Waals surface area contributed by atoms with Crippen LogP contribution < -0.4 is 0 Å². The third kappa shape index (κ3) is 3.48. The van der Waals surface area contributed by atoms with E-state index in [1.165, 1.54) is 5.39 Å². The van der Waals surface area contributed by atoms with Crippen molar-refractivity contribution in [1.82, 2.24) is 0 Å². The van der Waals surface area contributed by atoms with E-state index in [1.54, 1.807) is 0 Å². The van der Waals surface area contributed by atoms with Gasteiger partial charge in [-0.2, -0.15) is 0 Å². The molecule has 0 aliphatic heterocycles. The Morgan fingerprint density at radius 3 is 1.81 bits per heavy atom. The lowest BCUT2D eigenvalue weighted by atomic mass is 9.77. The molecule has 0 atom stereocenters. The number of hydrogen-bond acceptors (Lipinski definition) is 1. The minimum atomic E-state index is -1.30. The van der Waals surface area contributed by atoms with E-state index in [-0.39, 0.29) is 0 Å². The molecular formula is C29H21BrO. The van der Waals surface area contributed by atoms with Gasteiger partial charge in [0, 0.05) is 10.0 Å². The molecular weight excluding hydrogens is 444 g/mol. The Bertz CT molecular complexity index is 1300. The van der Waals surface area contributed by atoms with Gasteiger partial charge in [-0.1, -0.05) is 125 Å². The van der Waals surface area contributed by atoms with E-state index in [2.05, 4.69) is 64.5 Å². The van der Waals surface area contributed by atoms with E-state index in [4.69, 9.17) is 0 Å². The maximum absolute atomic E-state index is 12.4. The number of halogens is 1. The molecule has 0 amide bonds. The van der Waals surface area contributed by atoms with E-state index in [9.17, 15) is 5.11 Å². The zero-order valence-corrected chi connectivity index (χ0v) is 18.5. The summed E-state index contributed by atoms with van der Waals surface area (Å²) >= 11 is 3.66. The van der Waals surface area contributed by atoms with E-state index in [1.807, 2.05) is 72.8 Å². The molecule has 0 radical (unpaired) electrons. The van der Waals surface area contributed by atoms with Crippen LogP contribution in [-0.4, -0.2) is 5.11 Å². The van der Waals surface area contributed by atoms with E-state index < -0.39 is 5.60 Å². The number of rotatable bonds is 4. The molecule has 0 aliphatic rings. The van der Waals surface area contributed by atoms with Gasteiger partial charge in [0.2, 0.25) is 0 Å². The zero-order valence-electron chi connectivity index (χ0n) is 16.9. The fraction of sp³-hybridized carbons (Fsp3) is 0.0345. The lowest BCUT2D eigenvalue weighted by Crippen LogP contribution is -2.29. The Balaban J connectivity index is 1.86. The SMILES string of the molecule is OC(c1ccccc1)(c1ccccc1)c1ccc(Br)cc1-c1cccc2ccccc12. The van der Waals surface area contributed by atoms with Crippen LogP contribution in [0.15, 0.2) is 126 Å². The summed E-state index contributed by atoms with van der Waals surface area (Å²) in [5.74, 6) is 0. The molecule has 31 heavy (non-hydrogen) atoms. The van der Waals surface area contributed by atoms with E-state index >= 15 is 0 Å². The summed E-state index contributed by atoms with van der Waals surface area (Å²) in [5.41, 5.74) is 3.33. The predicted molar refractivity (Wildman–Crippen MR) is 132 cm³/mol. The smallest absolute Gasteiger partial charge is 0.141 e. The highest BCUT2D eigenvalue weighted by atomic mass is 79.9. The lowest BCUT2D eigenvalue weighted by Gasteiger charge is -2.32. The number of aliphatic hydroxyl groups is 1. The van der Waals surface area contributed by atoms with Crippen molar-refractivity contribution in [3.63, 3.8) is 0 Å². The monoisotopic (exact) mass is 464 g/mol. The van der Waals surface area contributed by atoms with Crippen molar-refractivity contribution >= 4 is 26.7 Å². The summed E-state index contributed by atoms with van der Waals surface area (Å²) in [4.78, 5) is 0. The van der Waals surface area contributed by atoms with Gasteiger partial charge in [0.15, 0.2) is 0 Å². The summed E-state index contributed by atoms with van der Waals surface area (Å²) in [6, 6.07) is 40.6. The Labute approximate surface area is 190 Å². The molecule has 0 fully saturated rings. The summed E-state index contributed by atoms with van der Waals surface area (Å²) in [7, 11) is 0. The van der Waals surface area contributed by atoms with Gasteiger partial charge in [-0.05, 0) is 45.2 Å². The molecule has 1 N–H and O–H groups in total. The van der Waals surface area contributed by atoms with Crippen LogP contribution in [0.3, 0.4) is 0 Å². The predicted octanol–water partition coefficient (Wildman–Crippen LogP) is 7.55. The molecule has 0 saturated heterocycles. The quantitative estimate of drug-likeness (QED) is 0.272. The van der Waals surface area contributed by atoms with Gasteiger partial charge in [0.05, 0.1) is 0 Å². The minimum Gasteiger partial charge on any atom is -0.376 e. The molecule has 150 valence electrons. The van der Waals surface area contributed by atoms with Crippen molar-refractivity contribution in [3.8, 4) is 11.1 Å². The van der Waals surface area contributed by atoms with Crippen molar-refractivity contribution in [2.75, 3.05) is 0 Å². The van der Waals surface area contributed by atoms with Gasteiger partial charge in [0.1, 0.15) is 5.60 Å². The first-order valence-electron chi connectivity index (χ1n) is 10.3. The maximum Gasteiger partial charge on any atom is 0.141 e. The summed E-state index contributed by atoms with van der Waals surface area (Å²) in [6.07, 6.45) is 0. The Morgan fingerprint density at radius 2 is 1.13 bits per heavy atom. The van der Waals surface area contributed by atoms with E-state index in [0.717, 1.165) is 37.7 Å². The van der Waals surface area contributed by atoms with Gasteiger partial charge in [-0.15, -0.1) is 0 Å². The first-order valence-corrected chi connectivity index (χ1v) is 11.1. The van der Waals surface area contributed by atoms with E-state index in [0.29, 0.717) is 0 Å². The first-order chi connectivity index (χ1) is 15.2. The third-order valence-corrected chi connectivity index (χ3v) is 6.33. The van der Waals surface area contributed by atoms with Gasteiger partial charge >= 0.3 is 0 Å². The molecule has 0 unspecified atom stereocenters. The highest BCUT2D eigenvalue weighted by molar-refractivity contribution is 9.10. The van der Waals surface area contributed by atoms with Crippen molar-refractivity contribution < 1.29 is 5.11 Å². The van der Waals surface area contributed by atoms with Crippen LogP contribution in [-0.2, 0) is 5.60 Å². The number of hydrogen-bond donors (Lipinski definition) is 1. The van der Waals surface area contributed by atoms with Crippen LogP contribution in [0, 0.1) is 0 Å². The zero-order chi connectivity index (χ0) is 21.3. The normalized spacial score (nSPS) is 11.5. The first kappa shape index (κ1) is 19.7. The van der Waals surface area contributed by atoms with Crippen LogP contribution >= 0.6 is 15.9 Å². The summed E-state index contributed by atoms with van der Waals surface area (Å²) in [5, 5.41) is 14.8. The van der Waals surface area contributed by atoms with Crippen molar-refractivity contribution in [2.24, 2.45) is 0 Å². The van der Waals surface area contributed by atoms with Crippen LogP contribution in [0.4, 0.5) is 0 Å². The molecule has 0 aliphatic carbocycles. The second-order valence-electron chi connectivity index (χ2n) is 7.66. The Kier molecular flexibility index (Phi) is 5.19. The highest BCUT2D eigenvalue weighted by Crippen LogP contribution is 2.43. The molecule has 1 nitrogen and oxygen atoms in total. The van der Waals surface area contributed by atoms with Gasteiger partial charge in [-0.25, -0.2) is 0 Å². The fourth-order valence-corrected chi connectivity index (χ4v) is 4.71. The van der Waals surface area contributed by atoms with Crippen LogP contribution in [0.2, 0.25) is 0 Å². The standard InChI is InChI=1S/C29H21BrO/c30-24-18-19-28(27(20-24)26-17-9-11-21-10-7-8-16-25(21)26)29(31,22-12-3-1-4-13-22)23-14-5-2-6-15-23/h1-20,31H. The topological polar surface area (TPSA) is 20.2 Å². The third-order valence-electron chi connectivity index (χ3n) is 5.83. The van der Waals surface area contributed by atoms with Crippen LogP contribution in [0.5, 0.6) is 0 Å². The highest BCUT2D eigenvalue weighted by Gasteiger charge is 2.36. The molecule has 0 bridgehead atoms. The molecule has 2 heteroatoms. The maximum atomic E-state index is 12.4.